The van der Waals surface area contributed by atoms with Gasteiger partial charge in [-0.3, -0.25) is 9.13 Å². The van der Waals surface area contributed by atoms with Gasteiger partial charge in [-0.05, 0) is 63.7 Å². The first-order valence-electron chi connectivity index (χ1n) is 5.91. The topological polar surface area (TPSA) is 26.9 Å². The quantitative estimate of drug-likeness (QED) is 0.297. The summed E-state index contributed by atoms with van der Waals surface area (Å²) in [6.45, 7) is 0.741. The molecule has 0 amide bonds. The van der Waals surface area contributed by atoms with E-state index in [9.17, 15) is 4.79 Å². The zero-order valence-electron chi connectivity index (χ0n) is 10.8. The van der Waals surface area contributed by atoms with Crippen LogP contribution in [0.5, 0.6) is 0 Å². The van der Waals surface area contributed by atoms with Crippen molar-refractivity contribution in [3.8, 4) is 0 Å². The van der Waals surface area contributed by atoms with Gasteiger partial charge in [-0.25, -0.2) is 4.79 Å². The molecular weight excluding hydrogens is 591 g/mol. The van der Waals surface area contributed by atoms with Gasteiger partial charge in [0.15, 0.2) is 0 Å². The molecule has 0 aliphatic carbocycles. The van der Waals surface area contributed by atoms with Gasteiger partial charge in [0.2, 0.25) is 0 Å². The van der Waals surface area contributed by atoms with Crippen LogP contribution in [-0.4, -0.2) is 9.13 Å². The molecule has 1 aromatic carbocycles. The number of benzene rings is 1. The van der Waals surface area contributed by atoms with Crippen LogP contribution in [0.15, 0.2) is 45.9 Å². The number of nitrogens with zero attached hydrogens (tertiary/aromatic N) is 2. The summed E-state index contributed by atoms with van der Waals surface area (Å²) in [5, 5.41) is 0. The average Bonchev–Trinajstić information content (AvgIpc) is 2.79. The smallest absolute Gasteiger partial charge is 0.287 e. The molecule has 0 aliphatic rings. The second kappa shape index (κ2) is 8.03. The third-order valence-corrected chi connectivity index (χ3v) is 8.06. The van der Waals surface area contributed by atoms with E-state index in [-0.39, 0.29) is 5.69 Å². The van der Waals surface area contributed by atoms with E-state index in [0.29, 0.717) is 13.1 Å². The fourth-order valence-corrected chi connectivity index (χ4v) is 4.73. The summed E-state index contributed by atoms with van der Waals surface area (Å²) in [5.74, 6) is 0. The van der Waals surface area contributed by atoms with Crippen LogP contribution in [0.1, 0.15) is 0 Å². The van der Waals surface area contributed by atoms with E-state index in [4.69, 9.17) is 23.2 Å². The summed E-state index contributed by atoms with van der Waals surface area (Å²) in [5.41, 5.74) is 4.18. The molecule has 2 aromatic rings. The lowest BCUT2D eigenvalue weighted by atomic mass is 10.3. The summed E-state index contributed by atoms with van der Waals surface area (Å²) in [4.78, 5) is 12.7. The maximum absolute atomic E-state index is 12.7. The van der Waals surface area contributed by atoms with Crippen LogP contribution in [0.25, 0.3) is 11.0 Å². The van der Waals surface area contributed by atoms with E-state index in [1.54, 1.807) is 21.3 Å². The van der Waals surface area contributed by atoms with Gasteiger partial charge in [-0.2, -0.15) is 0 Å². The summed E-state index contributed by atoms with van der Waals surface area (Å²) in [7, 11) is 0. The molecule has 0 radical (unpaired) electrons. The van der Waals surface area contributed by atoms with Crippen molar-refractivity contribution in [2.45, 2.75) is 13.1 Å². The number of halogens is 6. The zero-order valence-corrected chi connectivity index (χ0v) is 18.6. The van der Waals surface area contributed by atoms with Crippen molar-refractivity contribution >= 4 is 98.0 Å². The van der Waals surface area contributed by atoms with Gasteiger partial charge in [0, 0.05) is 33.1 Å². The molecule has 0 atom stereocenters. The van der Waals surface area contributed by atoms with Gasteiger partial charge in [0.05, 0.1) is 20.0 Å². The number of fused-ring (bicyclic) bond motifs is 1. The Hall–Kier alpha value is 0.470. The van der Waals surface area contributed by atoms with Gasteiger partial charge < -0.3 is 0 Å². The van der Waals surface area contributed by atoms with Crippen molar-refractivity contribution in [2.24, 2.45) is 0 Å². The van der Waals surface area contributed by atoms with E-state index in [2.05, 4.69) is 63.7 Å². The Morgan fingerprint density at radius 3 is 1.45 bits per heavy atom. The number of allylic oxidation sites excluding steroid dienone is 2. The molecule has 0 aliphatic heterocycles. The SMILES string of the molecule is O=c1n(CC=CCl)c2c(Br)c(Br)c(Br)c(Br)c2n1CC=CCl. The van der Waals surface area contributed by atoms with Gasteiger partial charge in [-0.1, -0.05) is 35.4 Å². The molecule has 1 aromatic heterocycles. The number of hydrogen-bond acceptors (Lipinski definition) is 1. The predicted octanol–water partition coefficient (Wildman–Crippen LogP) is 6.36. The molecule has 9 heteroatoms. The fraction of sp³-hybridized carbons (Fsp3) is 0.154. The molecule has 3 nitrogen and oxygen atoms in total. The first-order valence-corrected chi connectivity index (χ1v) is 9.95. The second-order valence-electron chi connectivity index (χ2n) is 4.18. The van der Waals surface area contributed by atoms with Crippen molar-refractivity contribution in [3.05, 3.63) is 51.6 Å². The highest BCUT2D eigenvalue weighted by atomic mass is 79.9. The number of imidazole rings is 1. The lowest BCUT2D eigenvalue weighted by Crippen LogP contribution is -2.23. The van der Waals surface area contributed by atoms with Crippen molar-refractivity contribution in [1.29, 1.82) is 0 Å². The van der Waals surface area contributed by atoms with E-state index in [0.717, 1.165) is 28.9 Å². The van der Waals surface area contributed by atoms with Crippen LogP contribution < -0.4 is 5.69 Å². The van der Waals surface area contributed by atoms with E-state index < -0.39 is 0 Å². The highest BCUT2D eigenvalue weighted by Gasteiger charge is 2.22. The summed E-state index contributed by atoms with van der Waals surface area (Å²) in [6, 6.07) is 0. The minimum atomic E-state index is -0.147. The standard InChI is InChI=1S/C13H8Br4Cl2N2O/c14-7-8(15)10(17)12-11(9(7)16)20(5-1-3-18)13(22)21(12)6-2-4-19/h1-4H,5-6H2. The Labute approximate surface area is 170 Å². The third kappa shape index (κ3) is 3.30. The van der Waals surface area contributed by atoms with E-state index >= 15 is 0 Å². The number of aromatic nitrogens is 2. The molecule has 0 spiro atoms. The summed E-state index contributed by atoms with van der Waals surface area (Å²) in [6.07, 6.45) is 3.42. The Morgan fingerprint density at radius 1 is 0.773 bits per heavy atom. The Morgan fingerprint density at radius 2 is 1.14 bits per heavy atom. The Bertz CT molecular complexity index is 773. The highest BCUT2D eigenvalue weighted by molar-refractivity contribution is 9.15. The number of hydrogen-bond donors (Lipinski definition) is 0. The molecule has 1 heterocycles. The van der Waals surface area contributed by atoms with Gasteiger partial charge in [0.1, 0.15) is 0 Å². The molecule has 0 bridgehead atoms. The van der Waals surface area contributed by atoms with Crippen molar-refractivity contribution in [3.63, 3.8) is 0 Å². The summed E-state index contributed by atoms with van der Waals surface area (Å²) < 4.78 is 6.49. The lowest BCUT2D eigenvalue weighted by Gasteiger charge is -2.09. The maximum atomic E-state index is 12.7. The second-order valence-corrected chi connectivity index (χ2v) is 7.86. The molecule has 0 unspecified atom stereocenters. The van der Waals surface area contributed by atoms with Gasteiger partial charge in [0.25, 0.3) is 0 Å². The molecule has 0 fully saturated rings. The van der Waals surface area contributed by atoms with Crippen molar-refractivity contribution in [1.82, 2.24) is 9.13 Å². The zero-order chi connectivity index (χ0) is 16.4. The third-order valence-electron chi connectivity index (χ3n) is 2.97. The maximum Gasteiger partial charge on any atom is 0.329 e. The largest absolute Gasteiger partial charge is 0.329 e. The Kier molecular flexibility index (Phi) is 6.86. The van der Waals surface area contributed by atoms with Crippen LogP contribution in [0.3, 0.4) is 0 Å². The molecule has 2 rings (SSSR count). The number of rotatable bonds is 4. The molecule has 0 saturated carbocycles. The molecule has 118 valence electrons. The van der Waals surface area contributed by atoms with Crippen LogP contribution in [0, 0.1) is 0 Å². The first-order chi connectivity index (χ1) is 10.5. The molecular formula is C13H8Br4Cl2N2O. The molecule has 22 heavy (non-hydrogen) atoms. The lowest BCUT2D eigenvalue weighted by molar-refractivity contribution is 0.718. The van der Waals surface area contributed by atoms with E-state index in [1.165, 1.54) is 11.1 Å². The normalized spacial score (nSPS) is 12.3. The summed E-state index contributed by atoms with van der Waals surface area (Å²) >= 11 is 25.3. The van der Waals surface area contributed by atoms with Crippen molar-refractivity contribution < 1.29 is 0 Å². The molecule has 0 saturated heterocycles. The predicted molar refractivity (Wildman–Crippen MR) is 107 cm³/mol. The van der Waals surface area contributed by atoms with Gasteiger partial charge in [-0.15, -0.1) is 0 Å². The average molecular weight is 599 g/mol. The van der Waals surface area contributed by atoms with Crippen LogP contribution in [0.4, 0.5) is 0 Å². The van der Waals surface area contributed by atoms with Crippen LogP contribution in [-0.2, 0) is 13.1 Å². The fourth-order valence-electron chi connectivity index (χ4n) is 2.07. The molecule has 0 N–H and O–H groups in total. The van der Waals surface area contributed by atoms with E-state index in [1.807, 2.05) is 0 Å². The van der Waals surface area contributed by atoms with Gasteiger partial charge >= 0.3 is 5.69 Å². The Balaban J connectivity index is 2.95. The minimum absolute atomic E-state index is 0.147. The highest BCUT2D eigenvalue weighted by Crippen LogP contribution is 2.43. The van der Waals surface area contributed by atoms with Crippen LogP contribution in [0.2, 0.25) is 0 Å². The minimum Gasteiger partial charge on any atom is -0.287 e. The first kappa shape index (κ1) is 18.8. The van der Waals surface area contributed by atoms with Crippen LogP contribution >= 0.6 is 86.9 Å². The monoisotopic (exact) mass is 594 g/mol. The van der Waals surface area contributed by atoms with Crippen molar-refractivity contribution in [2.75, 3.05) is 0 Å².